The molecule has 0 bridgehead atoms. The van der Waals surface area contributed by atoms with Gasteiger partial charge in [-0.2, -0.15) is 0 Å². The molecular weight excluding hydrogens is 256 g/mol. The van der Waals surface area contributed by atoms with E-state index in [0.717, 1.165) is 5.56 Å². The molecule has 1 rings (SSSR count). The van der Waals surface area contributed by atoms with Gasteiger partial charge in [0.1, 0.15) is 0 Å². The lowest BCUT2D eigenvalue weighted by Crippen LogP contribution is -2.28. The molecular formula is C15H24N2O3. The van der Waals surface area contributed by atoms with Crippen molar-refractivity contribution in [3.63, 3.8) is 0 Å². The topological polar surface area (TPSA) is 73.6 Å². The Hall–Kier alpha value is -1.43. The minimum absolute atomic E-state index is 0.00622. The predicted octanol–water partition coefficient (Wildman–Crippen LogP) is 1.25. The van der Waals surface area contributed by atoms with Crippen LogP contribution >= 0.6 is 0 Å². The third-order valence-corrected chi connectivity index (χ3v) is 2.91. The van der Waals surface area contributed by atoms with Crippen LogP contribution in [0.1, 0.15) is 24.4 Å². The molecule has 0 saturated heterocycles. The number of hydrogen-bond donors (Lipinski definition) is 2. The average Bonchev–Trinajstić information content (AvgIpc) is 2.49. The van der Waals surface area contributed by atoms with Crippen LogP contribution in [0.25, 0.3) is 0 Å². The fourth-order valence-electron chi connectivity index (χ4n) is 1.75. The van der Waals surface area contributed by atoms with Crippen LogP contribution in [0.4, 0.5) is 0 Å². The van der Waals surface area contributed by atoms with Crippen molar-refractivity contribution in [1.29, 1.82) is 0 Å². The maximum Gasteiger partial charge on any atom is 0.220 e. The number of benzene rings is 1. The van der Waals surface area contributed by atoms with E-state index in [4.69, 9.17) is 15.2 Å². The van der Waals surface area contributed by atoms with Crippen LogP contribution < -0.4 is 11.1 Å². The van der Waals surface area contributed by atoms with E-state index in [1.165, 1.54) is 0 Å². The zero-order valence-corrected chi connectivity index (χ0v) is 12.0. The first-order valence-corrected chi connectivity index (χ1v) is 6.88. The summed E-state index contributed by atoms with van der Waals surface area (Å²) in [5.41, 5.74) is 7.09. The number of nitrogens with two attached hydrogens (primary N) is 1. The summed E-state index contributed by atoms with van der Waals surface area (Å²) in [6.07, 6.45) is 1.06. The fraction of sp³-hybridized carbons (Fsp3) is 0.533. The largest absolute Gasteiger partial charge is 0.382 e. The van der Waals surface area contributed by atoms with E-state index in [1.807, 2.05) is 30.3 Å². The van der Waals surface area contributed by atoms with Crippen LogP contribution in [0.2, 0.25) is 0 Å². The number of nitrogens with one attached hydrogen (secondary N) is 1. The lowest BCUT2D eigenvalue weighted by molar-refractivity contribution is -0.121. The van der Waals surface area contributed by atoms with E-state index < -0.39 is 0 Å². The summed E-state index contributed by atoms with van der Waals surface area (Å²) in [5, 5.41) is 2.81. The summed E-state index contributed by atoms with van der Waals surface area (Å²) in [6, 6.07) is 9.71. The third-order valence-electron chi connectivity index (χ3n) is 2.91. The average molecular weight is 280 g/mol. The maximum absolute atomic E-state index is 11.6. The molecule has 112 valence electrons. The third kappa shape index (κ3) is 7.23. The van der Waals surface area contributed by atoms with Crippen molar-refractivity contribution in [3.8, 4) is 0 Å². The van der Waals surface area contributed by atoms with E-state index in [0.29, 0.717) is 39.2 Å². The second-order valence-corrected chi connectivity index (χ2v) is 4.51. The van der Waals surface area contributed by atoms with E-state index in [9.17, 15) is 4.79 Å². The van der Waals surface area contributed by atoms with Gasteiger partial charge in [0.25, 0.3) is 0 Å². The molecule has 1 unspecified atom stereocenters. The molecule has 1 aromatic rings. The molecule has 0 aliphatic carbocycles. The van der Waals surface area contributed by atoms with Gasteiger partial charge in [-0.05, 0) is 12.0 Å². The minimum Gasteiger partial charge on any atom is -0.382 e. The molecule has 0 aliphatic rings. The molecule has 0 spiro atoms. The van der Waals surface area contributed by atoms with Crippen molar-refractivity contribution in [2.45, 2.75) is 18.9 Å². The van der Waals surface area contributed by atoms with Gasteiger partial charge in [0.15, 0.2) is 0 Å². The molecule has 0 saturated carbocycles. The van der Waals surface area contributed by atoms with Gasteiger partial charge in [0, 0.05) is 26.1 Å². The Labute approximate surface area is 120 Å². The number of amides is 1. The van der Waals surface area contributed by atoms with Crippen LogP contribution in [0.3, 0.4) is 0 Å². The lowest BCUT2D eigenvalue weighted by Gasteiger charge is -2.12. The molecule has 5 heteroatoms. The van der Waals surface area contributed by atoms with Gasteiger partial charge in [-0.25, -0.2) is 0 Å². The molecule has 5 nitrogen and oxygen atoms in total. The Morgan fingerprint density at radius 2 is 2.00 bits per heavy atom. The van der Waals surface area contributed by atoms with Gasteiger partial charge in [0.2, 0.25) is 5.91 Å². The van der Waals surface area contributed by atoms with Gasteiger partial charge in [-0.1, -0.05) is 30.3 Å². The standard InChI is InChI=1S/C15H24N2O3/c1-19-11-12-20-10-9-17-15(18)8-7-14(16)13-5-3-2-4-6-13/h2-6,14H,7-12,16H2,1H3,(H,17,18). The van der Waals surface area contributed by atoms with Crippen molar-refractivity contribution >= 4 is 5.91 Å². The van der Waals surface area contributed by atoms with Crippen LogP contribution in [-0.4, -0.2) is 39.4 Å². The SMILES string of the molecule is COCCOCCNC(=O)CCC(N)c1ccccc1. The second kappa shape index (κ2) is 10.4. The first-order chi connectivity index (χ1) is 9.74. The molecule has 1 aromatic carbocycles. The molecule has 1 atom stereocenters. The van der Waals surface area contributed by atoms with Crippen molar-refractivity contribution in [2.24, 2.45) is 5.73 Å². The van der Waals surface area contributed by atoms with Crippen molar-refractivity contribution in [2.75, 3.05) is 33.5 Å². The van der Waals surface area contributed by atoms with Crippen molar-refractivity contribution < 1.29 is 14.3 Å². The van der Waals surface area contributed by atoms with E-state index in [-0.39, 0.29) is 11.9 Å². The van der Waals surface area contributed by atoms with Crippen LogP contribution in [-0.2, 0) is 14.3 Å². The van der Waals surface area contributed by atoms with Gasteiger partial charge in [-0.15, -0.1) is 0 Å². The van der Waals surface area contributed by atoms with Crippen LogP contribution in [0.5, 0.6) is 0 Å². The number of rotatable bonds is 10. The summed E-state index contributed by atoms with van der Waals surface area (Å²) in [5.74, 6) is 0.00622. The smallest absolute Gasteiger partial charge is 0.220 e. The Morgan fingerprint density at radius 3 is 2.70 bits per heavy atom. The highest BCUT2D eigenvalue weighted by Crippen LogP contribution is 2.14. The molecule has 1 amide bonds. The first-order valence-electron chi connectivity index (χ1n) is 6.88. The van der Waals surface area contributed by atoms with E-state index in [1.54, 1.807) is 7.11 Å². The van der Waals surface area contributed by atoms with Crippen molar-refractivity contribution in [1.82, 2.24) is 5.32 Å². The Kier molecular flexibility index (Phi) is 8.62. The van der Waals surface area contributed by atoms with Crippen LogP contribution in [0, 0.1) is 0 Å². The summed E-state index contributed by atoms with van der Waals surface area (Å²) in [6.45, 7) is 2.13. The highest BCUT2D eigenvalue weighted by molar-refractivity contribution is 5.75. The minimum atomic E-state index is -0.0973. The quantitative estimate of drug-likeness (QED) is 0.633. The molecule has 20 heavy (non-hydrogen) atoms. The second-order valence-electron chi connectivity index (χ2n) is 4.51. The fourth-order valence-corrected chi connectivity index (χ4v) is 1.75. The molecule has 0 radical (unpaired) electrons. The first kappa shape index (κ1) is 16.6. The summed E-state index contributed by atoms with van der Waals surface area (Å²) in [7, 11) is 1.63. The Balaban J connectivity index is 2.08. The van der Waals surface area contributed by atoms with Crippen molar-refractivity contribution in [3.05, 3.63) is 35.9 Å². The summed E-state index contributed by atoms with van der Waals surface area (Å²) < 4.78 is 10.1. The number of methoxy groups -OCH3 is 1. The molecule has 3 N–H and O–H groups in total. The van der Waals surface area contributed by atoms with Gasteiger partial charge in [-0.3, -0.25) is 4.79 Å². The molecule has 0 aromatic heterocycles. The monoisotopic (exact) mass is 280 g/mol. The lowest BCUT2D eigenvalue weighted by atomic mass is 10.0. The summed E-state index contributed by atoms with van der Waals surface area (Å²) >= 11 is 0. The van der Waals surface area contributed by atoms with E-state index >= 15 is 0 Å². The molecule has 0 fully saturated rings. The molecule has 0 aliphatic heterocycles. The molecule has 0 heterocycles. The highest BCUT2D eigenvalue weighted by Gasteiger charge is 2.08. The predicted molar refractivity (Wildman–Crippen MR) is 78.3 cm³/mol. The number of carbonyl (C=O) groups excluding carboxylic acids is 1. The number of carbonyl (C=O) groups is 1. The van der Waals surface area contributed by atoms with Gasteiger partial charge < -0.3 is 20.5 Å². The zero-order valence-electron chi connectivity index (χ0n) is 12.0. The van der Waals surface area contributed by atoms with Gasteiger partial charge >= 0.3 is 0 Å². The normalized spacial score (nSPS) is 12.1. The Bertz CT molecular complexity index is 371. The van der Waals surface area contributed by atoms with Crippen LogP contribution in [0.15, 0.2) is 30.3 Å². The number of ether oxygens (including phenoxy) is 2. The number of hydrogen-bond acceptors (Lipinski definition) is 4. The zero-order chi connectivity index (χ0) is 14.6. The highest BCUT2D eigenvalue weighted by atomic mass is 16.5. The summed E-state index contributed by atoms with van der Waals surface area (Å²) in [4.78, 5) is 11.6. The van der Waals surface area contributed by atoms with E-state index in [2.05, 4.69) is 5.32 Å². The maximum atomic E-state index is 11.6. The Morgan fingerprint density at radius 1 is 1.25 bits per heavy atom. The van der Waals surface area contributed by atoms with Gasteiger partial charge in [0.05, 0.1) is 19.8 Å².